The molecule has 1 heterocycles. The average Bonchev–Trinajstić information content (AvgIpc) is 3.46. The maximum Gasteiger partial charge on any atom is 0.358 e. The van der Waals surface area contributed by atoms with Crippen LogP contribution in [-0.2, 0) is 4.74 Å². The van der Waals surface area contributed by atoms with Gasteiger partial charge < -0.3 is 15.2 Å². The fraction of sp³-hybridized carbons (Fsp3) is 0.353. The Kier molecular flexibility index (Phi) is 4.97. The monoisotopic (exact) mass is 347 g/mol. The highest BCUT2D eigenvalue weighted by atomic mass is 35.5. The van der Waals surface area contributed by atoms with Crippen molar-refractivity contribution in [1.29, 1.82) is 0 Å². The smallest absolute Gasteiger partial charge is 0.358 e. The zero-order valence-electron chi connectivity index (χ0n) is 13.2. The third-order valence-corrected chi connectivity index (χ3v) is 4.24. The lowest BCUT2D eigenvalue weighted by Gasteiger charge is -2.19. The van der Waals surface area contributed by atoms with Crippen molar-refractivity contribution in [2.24, 2.45) is 0 Å². The molecule has 1 aromatic carbocycles. The molecular formula is C17H18ClN3O3. The number of benzene rings is 1. The van der Waals surface area contributed by atoms with Crippen LogP contribution in [0.5, 0.6) is 0 Å². The van der Waals surface area contributed by atoms with Crippen molar-refractivity contribution in [1.82, 2.24) is 9.97 Å². The molecule has 126 valence electrons. The van der Waals surface area contributed by atoms with Gasteiger partial charge >= 0.3 is 5.97 Å². The molecule has 2 aromatic rings. The minimum Gasteiger partial charge on any atom is -0.464 e. The van der Waals surface area contributed by atoms with Crippen molar-refractivity contribution in [3.05, 3.63) is 52.4 Å². The number of esters is 1. The Morgan fingerprint density at radius 3 is 2.67 bits per heavy atom. The maximum atomic E-state index is 11.9. The van der Waals surface area contributed by atoms with Crippen molar-refractivity contribution in [3.8, 4) is 0 Å². The lowest BCUT2D eigenvalue weighted by Crippen LogP contribution is -2.18. The van der Waals surface area contributed by atoms with Gasteiger partial charge in [-0.2, -0.15) is 0 Å². The minimum absolute atomic E-state index is 0.0447. The number of carbonyl (C=O) groups is 1. The standard InChI is InChI=1S/C17H18ClN3O3/c1-24-17(23)14-13(18)16(21-15(20-14)11-7-8-11)19-12(9-22)10-5-3-2-4-6-10/h2-6,11-12,22H,7-9H2,1H3,(H,19,20,21)/t12-/m0/s1. The van der Waals surface area contributed by atoms with Gasteiger partial charge in [0, 0.05) is 5.92 Å². The SMILES string of the molecule is COC(=O)c1nc(C2CC2)nc(N[C@@H](CO)c2ccccc2)c1Cl. The molecular weight excluding hydrogens is 330 g/mol. The molecule has 7 heteroatoms. The molecule has 1 atom stereocenters. The normalized spacial score (nSPS) is 15.0. The molecule has 0 saturated heterocycles. The Morgan fingerprint density at radius 2 is 2.08 bits per heavy atom. The number of aromatic nitrogens is 2. The maximum absolute atomic E-state index is 11.9. The summed E-state index contributed by atoms with van der Waals surface area (Å²) >= 11 is 6.30. The number of hydrogen-bond acceptors (Lipinski definition) is 6. The summed E-state index contributed by atoms with van der Waals surface area (Å²) in [5.74, 6) is 0.548. The van der Waals surface area contributed by atoms with Gasteiger partial charge in [-0.15, -0.1) is 0 Å². The summed E-state index contributed by atoms with van der Waals surface area (Å²) in [5.41, 5.74) is 0.936. The van der Waals surface area contributed by atoms with Gasteiger partial charge in [0.25, 0.3) is 0 Å². The van der Waals surface area contributed by atoms with Gasteiger partial charge in [-0.25, -0.2) is 14.8 Å². The molecule has 2 N–H and O–H groups in total. The molecule has 1 aliphatic rings. The van der Waals surface area contributed by atoms with Gasteiger partial charge in [-0.05, 0) is 18.4 Å². The molecule has 1 fully saturated rings. The van der Waals surface area contributed by atoms with E-state index in [0.29, 0.717) is 11.6 Å². The van der Waals surface area contributed by atoms with Gasteiger partial charge in [0.2, 0.25) is 0 Å². The van der Waals surface area contributed by atoms with Crippen LogP contribution in [0.15, 0.2) is 30.3 Å². The largest absolute Gasteiger partial charge is 0.464 e. The number of nitrogens with one attached hydrogen (secondary N) is 1. The second kappa shape index (κ2) is 7.15. The van der Waals surface area contributed by atoms with Crippen LogP contribution in [0.2, 0.25) is 5.02 Å². The lowest BCUT2D eigenvalue weighted by molar-refractivity contribution is 0.0593. The number of halogens is 1. The van der Waals surface area contributed by atoms with Crippen molar-refractivity contribution in [2.75, 3.05) is 19.0 Å². The predicted octanol–water partition coefficient (Wildman–Crippen LogP) is 2.94. The van der Waals surface area contributed by atoms with Crippen LogP contribution in [0, 0.1) is 0 Å². The molecule has 1 aliphatic carbocycles. The fourth-order valence-corrected chi connectivity index (χ4v) is 2.62. The quantitative estimate of drug-likeness (QED) is 0.781. The van der Waals surface area contributed by atoms with E-state index >= 15 is 0 Å². The number of anilines is 1. The zero-order valence-corrected chi connectivity index (χ0v) is 14.0. The highest BCUT2D eigenvalue weighted by Gasteiger charge is 2.30. The van der Waals surface area contributed by atoms with E-state index in [4.69, 9.17) is 16.3 Å². The van der Waals surface area contributed by atoms with E-state index < -0.39 is 12.0 Å². The van der Waals surface area contributed by atoms with Gasteiger partial charge in [0.1, 0.15) is 16.7 Å². The Labute approximate surface area is 144 Å². The first-order valence-corrected chi connectivity index (χ1v) is 8.10. The summed E-state index contributed by atoms with van der Waals surface area (Å²) in [6.45, 7) is -0.142. The molecule has 0 unspecified atom stereocenters. The first-order chi connectivity index (χ1) is 11.6. The second-order valence-electron chi connectivity index (χ2n) is 5.65. The van der Waals surface area contributed by atoms with E-state index in [1.165, 1.54) is 7.11 Å². The van der Waals surface area contributed by atoms with Gasteiger partial charge in [0.15, 0.2) is 5.69 Å². The predicted molar refractivity (Wildman–Crippen MR) is 90.2 cm³/mol. The second-order valence-corrected chi connectivity index (χ2v) is 6.03. The van der Waals surface area contributed by atoms with Gasteiger partial charge in [-0.1, -0.05) is 41.9 Å². The van der Waals surface area contributed by atoms with Crippen LogP contribution in [0.1, 0.15) is 46.7 Å². The Bertz CT molecular complexity index is 735. The van der Waals surface area contributed by atoms with E-state index in [-0.39, 0.29) is 23.2 Å². The fourth-order valence-electron chi connectivity index (χ4n) is 2.40. The average molecular weight is 348 g/mol. The highest BCUT2D eigenvalue weighted by molar-refractivity contribution is 6.35. The van der Waals surface area contributed by atoms with E-state index in [2.05, 4.69) is 15.3 Å². The van der Waals surface area contributed by atoms with E-state index in [1.54, 1.807) is 0 Å². The number of ether oxygens (including phenoxy) is 1. The van der Waals surface area contributed by atoms with Crippen LogP contribution in [0.25, 0.3) is 0 Å². The van der Waals surface area contributed by atoms with Gasteiger partial charge in [-0.3, -0.25) is 0 Å². The van der Waals surface area contributed by atoms with E-state index in [0.717, 1.165) is 18.4 Å². The molecule has 0 spiro atoms. The van der Waals surface area contributed by atoms with Crippen LogP contribution in [0.3, 0.4) is 0 Å². The molecule has 3 rings (SSSR count). The van der Waals surface area contributed by atoms with Crippen molar-refractivity contribution >= 4 is 23.4 Å². The minimum atomic E-state index is -0.604. The van der Waals surface area contributed by atoms with Crippen LogP contribution < -0.4 is 5.32 Å². The number of methoxy groups -OCH3 is 1. The van der Waals surface area contributed by atoms with Crippen molar-refractivity contribution in [3.63, 3.8) is 0 Å². The molecule has 1 saturated carbocycles. The molecule has 0 radical (unpaired) electrons. The number of rotatable bonds is 6. The molecule has 1 aromatic heterocycles. The molecule has 0 bridgehead atoms. The van der Waals surface area contributed by atoms with Gasteiger partial charge in [0.05, 0.1) is 19.8 Å². The van der Waals surface area contributed by atoms with Crippen molar-refractivity contribution in [2.45, 2.75) is 24.8 Å². The van der Waals surface area contributed by atoms with Crippen molar-refractivity contribution < 1.29 is 14.6 Å². The Morgan fingerprint density at radius 1 is 1.38 bits per heavy atom. The molecule has 24 heavy (non-hydrogen) atoms. The summed E-state index contributed by atoms with van der Waals surface area (Å²) in [4.78, 5) is 20.6. The molecule has 6 nitrogen and oxygen atoms in total. The summed E-state index contributed by atoms with van der Waals surface area (Å²) in [5, 5.41) is 12.9. The summed E-state index contributed by atoms with van der Waals surface area (Å²) in [7, 11) is 1.28. The number of hydrogen-bond donors (Lipinski definition) is 2. The highest BCUT2D eigenvalue weighted by Crippen LogP contribution is 2.40. The Hall–Kier alpha value is -2.18. The van der Waals surface area contributed by atoms with Crippen LogP contribution in [-0.4, -0.2) is 34.8 Å². The first kappa shape index (κ1) is 16.7. The lowest BCUT2D eigenvalue weighted by atomic mass is 10.1. The Balaban J connectivity index is 1.96. The summed E-state index contributed by atoms with van der Waals surface area (Å²) in [6.07, 6.45) is 1.98. The number of aliphatic hydroxyl groups excluding tert-OH is 1. The topological polar surface area (TPSA) is 84.3 Å². The van der Waals surface area contributed by atoms with E-state index in [9.17, 15) is 9.90 Å². The molecule has 0 aliphatic heterocycles. The number of nitrogens with zero attached hydrogens (tertiary/aromatic N) is 2. The zero-order chi connectivity index (χ0) is 17.1. The van der Waals surface area contributed by atoms with Crippen LogP contribution >= 0.6 is 11.6 Å². The number of aliphatic hydroxyl groups is 1. The summed E-state index contributed by atoms with van der Waals surface area (Å²) in [6, 6.07) is 9.07. The third-order valence-electron chi connectivity index (χ3n) is 3.89. The molecule has 0 amide bonds. The van der Waals surface area contributed by atoms with E-state index in [1.807, 2.05) is 30.3 Å². The summed E-state index contributed by atoms with van der Waals surface area (Å²) < 4.78 is 4.75. The third kappa shape index (κ3) is 3.49. The number of carbonyl (C=O) groups excluding carboxylic acids is 1. The first-order valence-electron chi connectivity index (χ1n) is 7.72. The van der Waals surface area contributed by atoms with Crippen LogP contribution in [0.4, 0.5) is 5.82 Å².